The summed E-state index contributed by atoms with van der Waals surface area (Å²) in [5.41, 5.74) is 2.06. The molecule has 2 rings (SSSR count). The molecule has 1 fully saturated rings. The second-order valence-corrected chi connectivity index (χ2v) is 12.9. The van der Waals surface area contributed by atoms with Crippen molar-refractivity contribution in [3.63, 3.8) is 0 Å². The van der Waals surface area contributed by atoms with Gasteiger partial charge in [0.25, 0.3) is 0 Å². The Morgan fingerprint density at radius 3 is 2.26 bits per heavy atom. The van der Waals surface area contributed by atoms with E-state index < -0.39 is 23.8 Å². The zero-order valence-electron chi connectivity index (χ0n) is 25.3. The summed E-state index contributed by atoms with van der Waals surface area (Å²) in [6.07, 6.45) is 6.21. The highest BCUT2D eigenvalue weighted by atomic mass is 32.1. The summed E-state index contributed by atoms with van der Waals surface area (Å²) < 4.78 is 5.43. The molecule has 3 amide bonds. The molecule has 0 bridgehead atoms. The average molecular weight is 562 g/mol. The largest absolute Gasteiger partial charge is 0.444 e. The molecule has 1 aromatic rings. The molecule has 1 saturated carbocycles. The molecular formula is C31H51N3O4S. The van der Waals surface area contributed by atoms with Gasteiger partial charge in [-0.25, -0.2) is 4.79 Å². The van der Waals surface area contributed by atoms with Crippen LogP contribution in [0, 0.1) is 19.8 Å². The Hall–Kier alpha value is -2.22. The minimum atomic E-state index is -0.945. The van der Waals surface area contributed by atoms with Crippen LogP contribution in [0.4, 0.5) is 4.79 Å². The molecule has 8 heteroatoms. The van der Waals surface area contributed by atoms with Crippen molar-refractivity contribution in [2.75, 3.05) is 5.75 Å². The smallest absolute Gasteiger partial charge is 0.408 e. The number of ether oxygens (including phenoxy) is 1. The van der Waals surface area contributed by atoms with E-state index in [1.807, 2.05) is 39.0 Å². The van der Waals surface area contributed by atoms with Crippen LogP contribution in [0.3, 0.4) is 0 Å². The lowest BCUT2D eigenvalue weighted by molar-refractivity contribution is -0.145. The van der Waals surface area contributed by atoms with Crippen molar-refractivity contribution in [2.24, 2.45) is 5.92 Å². The fourth-order valence-electron chi connectivity index (χ4n) is 5.13. The van der Waals surface area contributed by atoms with Crippen molar-refractivity contribution >= 4 is 30.5 Å². The van der Waals surface area contributed by atoms with Crippen LogP contribution in [0.25, 0.3) is 0 Å². The molecule has 1 aromatic carbocycles. The number of hydrogen-bond acceptors (Lipinski definition) is 5. The number of amides is 3. The maximum absolute atomic E-state index is 14.3. The summed E-state index contributed by atoms with van der Waals surface area (Å²) in [6.45, 7) is 15.6. The summed E-state index contributed by atoms with van der Waals surface area (Å²) in [4.78, 5) is 42.8. The predicted octanol–water partition coefficient (Wildman–Crippen LogP) is 6.27. The van der Waals surface area contributed by atoms with Crippen LogP contribution < -0.4 is 10.6 Å². The molecule has 0 heterocycles. The van der Waals surface area contributed by atoms with Gasteiger partial charge < -0.3 is 20.3 Å². The summed E-state index contributed by atoms with van der Waals surface area (Å²) in [7, 11) is 0. The first-order valence-corrected chi connectivity index (χ1v) is 15.2. The van der Waals surface area contributed by atoms with Gasteiger partial charge in [0.1, 0.15) is 17.7 Å². The van der Waals surface area contributed by atoms with E-state index in [0.29, 0.717) is 5.92 Å². The van der Waals surface area contributed by atoms with Crippen molar-refractivity contribution in [2.45, 2.75) is 130 Å². The molecule has 39 heavy (non-hydrogen) atoms. The maximum Gasteiger partial charge on any atom is 0.408 e. The van der Waals surface area contributed by atoms with Crippen molar-refractivity contribution in [1.82, 2.24) is 15.5 Å². The van der Waals surface area contributed by atoms with Crippen molar-refractivity contribution in [3.8, 4) is 0 Å². The Balaban J connectivity index is 2.55. The number of thiol groups is 1. The van der Waals surface area contributed by atoms with E-state index in [-0.39, 0.29) is 29.7 Å². The Morgan fingerprint density at radius 1 is 1.05 bits per heavy atom. The zero-order chi connectivity index (χ0) is 29.3. The van der Waals surface area contributed by atoms with E-state index in [1.165, 1.54) is 6.42 Å². The standard InChI is InChI=1S/C31H51N3O4S/c1-20(2)14-17-23(5)34(29(36)26(19-39)33-30(37)38-31(6,7)8)27(25-18-21(3)15-16-22(25)4)28(35)32-24-12-10-9-11-13-24/h15-16,18,20,23-24,26-27,39H,9-14,17,19H2,1-8H3,(H,32,35)(H,33,37). The van der Waals surface area contributed by atoms with Crippen molar-refractivity contribution in [1.29, 1.82) is 0 Å². The third-order valence-electron chi connectivity index (χ3n) is 7.27. The molecule has 0 spiro atoms. The van der Waals surface area contributed by atoms with Gasteiger partial charge in [-0.3, -0.25) is 9.59 Å². The molecule has 3 atom stereocenters. The van der Waals surface area contributed by atoms with Crippen LogP contribution in [0.2, 0.25) is 0 Å². The van der Waals surface area contributed by atoms with E-state index >= 15 is 0 Å². The summed E-state index contributed by atoms with van der Waals surface area (Å²) in [6, 6.07) is 4.11. The van der Waals surface area contributed by atoms with Crippen molar-refractivity contribution < 1.29 is 19.1 Å². The van der Waals surface area contributed by atoms with E-state index in [2.05, 4.69) is 37.1 Å². The number of carbonyl (C=O) groups is 3. The number of carbonyl (C=O) groups excluding carboxylic acids is 3. The lowest BCUT2D eigenvalue weighted by Crippen LogP contribution is -2.57. The molecule has 1 aliphatic carbocycles. The minimum absolute atomic E-state index is 0.0786. The quantitative estimate of drug-likeness (QED) is 0.278. The predicted molar refractivity (Wildman–Crippen MR) is 161 cm³/mol. The van der Waals surface area contributed by atoms with Gasteiger partial charge in [-0.05, 0) is 84.3 Å². The van der Waals surface area contributed by atoms with Crippen LogP contribution >= 0.6 is 12.6 Å². The summed E-state index contributed by atoms with van der Waals surface area (Å²) >= 11 is 4.42. The van der Waals surface area contributed by atoms with E-state index in [4.69, 9.17) is 4.74 Å². The number of hydrogen-bond donors (Lipinski definition) is 3. The number of alkyl carbamates (subject to hydrolysis) is 1. The van der Waals surface area contributed by atoms with Gasteiger partial charge in [0, 0.05) is 17.8 Å². The summed E-state index contributed by atoms with van der Waals surface area (Å²) in [5.74, 6) is 0.0161. The molecule has 1 aliphatic rings. The zero-order valence-corrected chi connectivity index (χ0v) is 26.2. The highest BCUT2D eigenvalue weighted by Gasteiger charge is 2.39. The molecule has 3 unspecified atom stereocenters. The molecule has 220 valence electrons. The highest BCUT2D eigenvalue weighted by Crippen LogP contribution is 2.31. The van der Waals surface area contributed by atoms with Gasteiger partial charge in [0.05, 0.1) is 0 Å². The van der Waals surface area contributed by atoms with Gasteiger partial charge >= 0.3 is 6.09 Å². The number of aryl methyl sites for hydroxylation is 2. The third kappa shape index (κ3) is 10.4. The molecule has 2 N–H and O–H groups in total. The normalized spacial score (nSPS) is 16.8. The van der Waals surface area contributed by atoms with Crippen LogP contribution in [-0.4, -0.2) is 52.3 Å². The fraction of sp³-hybridized carbons (Fsp3) is 0.710. The average Bonchev–Trinajstić information content (AvgIpc) is 2.85. The number of benzene rings is 1. The van der Waals surface area contributed by atoms with Crippen LogP contribution in [0.15, 0.2) is 18.2 Å². The van der Waals surface area contributed by atoms with E-state index in [9.17, 15) is 14.4 Å². The van der Waals surface area contributed by atoms with Gasteiger partial charge in [-0.2, -0.15) is 12.6 Å². The molecule has 0 radical (unpaired) electrons. The molecule has 0 aromatic heterocycles. The Labute approximate surface area is 241 Å². The number of nitrogens with one attached hydrogen (secondary N) is 2. The van der Waals surface area contributed by atoms with E-state index in [1.54, 1.807) is 25.7 Å². The molecular weight excluding hydrogens is 510 g/mol. The van der Waals surface area contributed by atoms with Crippen LogP contribution in [0.1, 0.15) is 109 Å². The van der Waals surface area contributed by atoms with Gasteiger partial charge in [0.15, 0.2) is 0 Å². The van der Waals surface area contributed by atoms with Crippen LogP contribution in [0.5, 0.6) is 0 Å². The SMILES string of the molecule is Cc1ccc(C)c(C(C(=O)NC2CCCCC2)N(C(=O)C(CS)NC(=O)OC(C)(C)C)C(C)CCC(C)C)c1. The highest BCUT2D eigenvalue weighted by molar-refractivity contribution is 7.80. The Bertz CT molecular complexity index is 969. The molecule has 7 nitrogen and oxygen atoms in total. The minimum Gasteiger partial charge on any atom is -0.444 e. The Morgan fingerprint density at radius 2 is 1.69 bits per heavy atom. The summed E-state index contributed by atoms with van der Waals surface area (Å²) in [5, 5.41) is 6.00. The first-order chi connectivity index (χ1) is 18.2. The lowest BCUT2D eigenvalue weighted by atomic mass is 9.92. The Kier molecular flexibility index (Phi) is 12.7. The monoisotopic (exact) mass is 561 g/mol. The van der Waals surface area contributed by atoms with E-state index in [0.717, 1.165) is 55.2 Å². The number of nitrogens with zero attached hydrogens (tertiary/aromatic N) is 1. The first-order valence-electron chi connectivity index (χ1n) is 14.5. The first kappa shape index (κ1) is 33.0. The topological polar surface area (TPSA) is 87.7 Å². The van der Waals surface area contributed by atoms with Gasteiger partial charge in [0.2, 0.25) is 11.8 Å². The second kappa shape index (κ2) is 15.0. The molecule has 0 saturated heterocycles. The fourth-order valence-corrected chi connectivity index (χ4v) is 5.37. The number of rotatable bonds is 11. The van der Waals surface area contributed by atoms with Crippen LogP contribution in [-0.2, 0) is 14.3 Å². The van der Waals surface area contributed by atoms with Crippen molar-refractivity contribution in [3.05, 3.63) is 34.9 Å². The molecule has 0 aliphatic heterocycles. The third-order valence-corrected chi connectivity index (χ3v) is 7.64. The van der Waals surface area contributed by atoms with Gasteiger partial charge in [-0.1, -0.05) is 56.9 Å². The lowest BCUT2D eigenvalue weighted by Gasteiger charge is -2.40. The maximum atomic E-state index is 14.3. The van der Waals surface area contributed by atoms with Gasteiger partial charge in [-0.15, -0.1) is 0 Å². The second-order valence-electron chi connectivity index (χ2n) is 12.6.